The van der Waals surface area contributed by atoms with Crippen LogP contribution in [-0.2, 0) is 0 Å². The van der Waals surface area contributed by atoms with Crippen molar-refractivity contribution in [3.8, 4) is 0 Å². The van der Waals surface area contributed by atoms with Gasteiger partial charge in [-0.1, -0.05) is 6.07 Å². The number of alkyl halides is 3. The first kappa shape index (κ1) is 14.7. The van der Waals surface area contributed by atoms with Crippen molar-refractivity contribution in [1.82, 2.24) is 4.90 Å². The van der Waals surface area contributed by atoms with Crippen LogP contribution < -0.4 is 5.73 Å². The van der Waals surface area contributed by atoms with Gasteiger partial charge in [0.15, 0.2) is 0 Å². The molecule has 1 aliphatic rings. The molecular formula is C14H17F3N2O. The summed E-state index contributed by atoms with van der Waals surface area (Å²) < 4.78 is 38.3. The Balaban J connectivity index is 2.16. The van der Waals surface area contributed by atoms with Gasteiger partial charge in [0, 0.05) is 18.8 Å². The summed E-state index contributed by atoms with van der Waals surface area (Å²) in [6.07, 6.45) is -3.81. The summed E-state index contributed by atoms with van der Waals surface area (Å²) in [6.45, 7) is 1.90. The number of piperidine rings is 1. The topological polar surface area (TPSA) is 46.3 Å². The Bertz CT molecular complexity index is 514. The van der Waals surface area contributed by atoms with Crippen LogP contribution in [0.3, 0.4) is 0 Å². The lowest BCUT2D eigenvalue weighted by atomic mass is 9.96. The highest BCUT2D eigenvalue weighted by Crippen LogP contribution is 2.33. The minimum absolute atomic E-state index is 0.0800. The lowest BCUT2D eigenvalue weighted by Gasteiger charge is -2.34. The molecule has 0 aromatic heterocycles. The number of likely N-dealkylation sites (tertiary alicyclic amines) is 1. The Kier molecular flexibility index (Phi) is 3.92. The van der Waals surface area contributed by atoms with Crippen LogP contribution in [0.5, 0.6) is 0 Å². The molecule has 2 N–H and O–H groups in total. The third-order valence-corrected chi connectivity index (χ3v) is 3.61. The van der Waals surface area contributed by atoms with E-state index in [1.165, 1.54) is 4.90 Å². The van der Waals surface area contributed by atoms with Crippen LogP contribution in [0, 0.1) is 12.8 Å². The predicted molar refractivity (Wildman–Crippen MR) is 70.3 cm³/mol. The molecular weight excluding hydrogens is 269 g/mol. The molecule has 1 fully saturated rings. The zero-order valence-corrected chi connectivity index (χ0v) is 11.2. The first-order chi connectivity index (χ1) is 9.29. The first-order valence-corrected chi connectivity index (χ1v) is 6.51. The number of amides is 1. The number of aryl methyl sites for hydroxylation is 1. The highest BCUT2D eigenvalue weighted by Gasteiger charge is 2.42. The Morgan fingerprint density at radius 3 is 2.70 bits per heavy atom. The molecule has 1 aromatic rings. The van der Waals surface area contributed by atoms with E-state index in [-0.39, 0.29) is 18.5 Å². The number of nitrogens with two attached hydrogens (primary N) is 1. The zero-order valence-electron chi connectivity index (χ0n) is 11.2. The van der Waals surface area contributed by atoms with Crippen LogP contribution in [0.2, 0.25) is 0 Å². The average molecular weight is 286 g/mol. The lowest BCUT2D eigenvalue weighted by Crippen LogP contribution is -2.44. The SMILES string of the molecule is Cc1ccc(C(=O)N2CCCC(C(F)(F)F)C2)c(N)c1. The molecule has 0 bridgehead atoms. The van der Waals surface area contributed by atoms with E-state index in [9.17, 15) is 18.0 Å². The summed E-state index contributed by atoms with van der Waals surface area (Å²) in [7, 11) is 0. The molecule has 2 rings (SSSR count). The number of hydrogen-bond acceptors (Lipinski definition) is 2. The molecule has 1 atom stereocenters. The summed E-state index contributed by atoms with van der Waals surface area (Å²) in [5, 5.41) is 0. The third-order valence-electron chi connectivity index (χ3n) is 3.61. The minimum Gasteiger partial charge on any atom is -0.398 e. The monoisotopic (exact) mass is 286 g/mol. The normalized spacial score (nSPS) is 20.0. The van der Waals surface area contributed by atoms with Gasteiger partial charge in [-0.15, -0.1) is 0 Å². The van der Waals surface area contributed by atoms with E-state index in [1.54, 1.807) is 18.2 Å². The summed E-state index contributed by atoms with van der Waals surface area (Å²) in [6, 6.07) is 4.96. The molecule has 0 radical (unpaired) electrons. The molecule has 1 unspecified atom stereocenters. The molecule has 1 amide bonds. The summed E-state index contributed by atoms with van der Waals surface area (Å²) in [4.78, 5) is 13.5. The van der Waals surface area contributed by atoms with Crippen molar-refractivity contribution >= 4 is 11.6 Å². The second-order valence-electron chi connectivity index (χ2n) is 5.22. The zero-order chi connectivity index (χ0) is 14.9. The van der Waals surface area contributed by atoms with E-state index in [2.05, 4.69) is 0 Å². The molecule has 20 heavy (non-hydrogen) atoms. The van der Waals surface area contributed by atoms with Gasteiger partial charge in [-0.2, -0.15) is 13.2 Å². The van der Waals surface area contributed by atoms with Crippen molar-refractivity contribution in [3.63, 3.8) is 0 Å². The minimum atomic E-state index is -4.25. The number of benzene rings is 1. The molecule has 3 nitrogen and oxygen atoms in total. The van der Waals surface area contributed by atoms with E-state index in [0.717, 1.165) is 5.56 Å². The van der Waals surface area contributed by atoms with Crippen molar-refractivity contribution < 1.29 is 18.0 Å². The number of rotatable bonds is 1. The number of anilines is 1. The molecule has 1 saturated heterocycles. The Morgan fingerprint density at radius 2 is 2.10 bits per heavy atom. The first-order valence-electron chi connectivity index (χ1n) is 6.51. The molecule has 0 saturated carbocycles. The van der Waals surface area contributed by atoms with Crippen molar-refractivity contribution in [2.75, 3.05) is 18.8 Å². The smallest absolute Gasteiger partial charge is 0.393 e. The van der Waals surface area contributed by atoms with E-state index in [0.29, 0.717) is 18.7 Å². The fourth-order valence-electron chi connectivity index (χ4n) is 2.48. The largest absolute Gasteiger partial charge is 0.398 e. The van der Waals surface area contributed by atoms with E-state index < -0.39 is 18.0 Å². The predicted octanol–water partition coefficient (Wildman–Crippen LogP) is 2.99. The highest BCUT2D eigenvalue weighted by atomic mass is 19.4. The van der Waals surface area contributed by atoms with Gasteiger partial charge in [0.05, 0.1) is 11.5 Å². The van der Waals surface area contributed by atoms with Crippen molar-refractivity contribution in [2.45, 2.75) is 25.9 Å². The Morgan fingerprint density at radius 1 is 1.40 bits per heavy atom. The summed E-state index contributed by atoms with van der Waals surface area (Å²) in [5.74, 6) is -1.86. The van der Waals surface area contributed by atoms with Gasteiger partial charge < -0.3 is 10.6 Å². The van der Waals surface area contributed by atoms with E-state index >= 15 is 0 Å². The maximum absolute atomic E-state index is 12.8. The van der Waals surface area contributed by atoms with Gasteiger partial charge >= 0.3 is 6.18 Å². The maximum Gasteiger partial charge on any atom is 0.393 e. The van der Waals surface area contributed by atoms with Gasteiger partial charge in [-0.25, -0.2) is 0 Å². The van der Waals surface area contributed by atoms with Gasteiger partial charge in [-0.05, 0) is 37.5 Å². The number of carbonyl (C=O) groups excluding carboxylic acids is 1. The number of halogens is 3. The number of nitrogens with zero attached hydrogens (tertiary/aromatic N) is 1. The lowest BCUT2D eigenvalue weighted by molar-refractivity contribution is -0.184. The van der Waals surface area contributed by atoms with Crippen molar-refractivity contribution in [3.05, 3.63) is 29.3 Å². The highest BCUT2D eigenvalue weighted by molar-refractivity contribution is 5.99. The van der Waals surface area contributed by atoms with Crippen molar-refractivity contribution in [2.24, 2.45) is 5.92 Å². The van der Waals surface area contributed by atoms with Crippen LogP contribution in [0.15, 0.2) is 18.2 Å². The molecule has 1 aromatic carbocycles. The Hall–Kier alpha value is -1.72. The molecule has 6 heteroatoms. The summed E-state index contributed by atoms with van der Waals surface area (Å²) >= 11 is 0. The standard InChI is InChI=1S/C14H17F3N2O/c1-9-4-5-11(12(18)7-9)13(20)19-6-2-3-10(8-19)14(15,16)17/h4-5,7,10H,2-3,6,8,18H2,1H3. The van der Waals surface area contributed by atoms with Crippen molar-refractivity contribution in [1.29, 1.82) is 0 Å². The van der Waals surface area contributed by atoms with Crippen LogP contribution in [0.4, 0.5) is 18.9 Å². The quantitative estimate of drug-likeness (QED) is 0.807. The molecule has 0 aliphatic carbocycles. The van der Waals surface area contributed by atoms with E-state index in [1.807, 2.05) is 6.92 Å². The maximum atomic E-state index is 12.8. The van der Waals surface area contributed by atoms with Crippen LogP contribution in [0.25, 0.3) is 0 Å². The second kappa shape index (κ2) is 5.34. The molecule has 0 spiro atoms. The fourth-order valence-corrected chi connectivity index (χ4v) is 2.48. The van der Waals surface area contributed by atoms with Crippen LogP contribution in [-0.4, -0.2) is 30.1 Å². The van der Waals surface area contributed by atoms with Crippen LogP contribution in [0.1, 0.15) is 28.8 Å². The van der Waals surface area contributed by atoms with E-state index in [4.69, 9.17) is 5.73 Å². The van der Waals surface area contributed by atoms with Gasteiger partial charge in [0.2, 0.25) is 0 Å². The second-order valence-corrected chi connectivity index (χ2v) is 5.22. The number of nitrogen functional groups attached to an aromatic ring is 1. The van der Waals surface area contributed by atoms with Gasteiger partial charge in [0.25, 0.3) is 5.91 Å². The molecule has 1 heterocycles. The fraction of sp³-hybridized carbons (Fsp3) is 0.500. The van der Waals surface area contributed by atoms with Gasteiger partial charge in [-0.3, -0.25) is 4.79 Å². The summed E-state index contributed by atoms with van der Waals surface area (Å²) in [5.41, 5.74) is 7.27. The Labute approximate surface area is 115 Å². The van der Waals surface area contributed by atoms with Crippen LogP contribution >= 0.6 is 0 Å². The van der Waals surface area contributed by atoms with Gasteiger partial charge in [0.1, 0.15) is 0 Å². The molecule has 1 aliphatic heterocycles. The number of hydrogen-bond donors (Lipinski definition) is 1. The molecule has 110 valence electrons. The average Bonchev–Trinajstić information content (AvgIpc) is 2.37. The third kappa shape index (κ3) is 3.05. The number of carbonyl (C=O) groups is 1.